The summed E-state index contributed by atoms with van der Waals surface area (Å²) in [6.07, 6.45) is 1.02. The van der Waals surface area contributed by atoms with Crippen LogP contribution in [0, 0.1) is 0 Å². The zero-order chi connectivity index (χ0) is 12.3. The number of benzene rings is 1. The van der Waals surface area contributed by atoms with Crippen LogP contribution in [0.2, 0.25) is 0 Å². The van der Waals surface area contributed by atoms with Crippen molar-refractivity contribution in [2.45, 2.75) is 58.4 Å². The van der Waals surface area contributed by atoms with Crippen molar-refractivity contribution >= 4 is 0 Å². The highest BCUT2D eigenvalue weighted by Gasteiger charge is 2.21. The van der Waals surface area contributed by atoms with Crippen molar-refractivity contribution in [1.29, 1.82) is 0 Å². The molecule has 0 amide bonds. The highest BCUT2D eigenvalue weighted by Crippen LogP contribution is 2.29. The van der Waals surface area contributed by atoms with Crippen LogP contribution in [0.4, 0.5) is 0 Å². The quantitative estimate of drug-likeness (QED) is 0.818. The average molecular weight is 219 g/mol. The Hall–Kier alpha value is -0.820. The predicted octanol–water partition coefficient (Wildman–Crippen LogP) is 3.82. The molecule has 1 aromatic carbocycles. The summed E-state index contributed by atoms with van der Waals surface area (Å²) in [5.41, 5.74) is 8.85. The Kier molecular flexibility index (Phi) is 4.15. The minimum Gasteiger partial charge on any atom is -0.328 e. The Balaban J connectivity index is 2.88. The molecule has 0 saturated carbocycles. The smallest absolute Gasteiger partial charge is 0.00187 e. The second-order valence-corrected chi connectivity index (χ2v) is 5.84. The fraction of sp³-hybridized carbons (Fsp3) is 0.600. The van der Waals surface area contributed by atoms with Gasteiger partial charge in [-0.05, 0) is 35.8 Å². The van der Waals surface area contributed by atoms with E-state index in [1.807, 2.05) is 0 Å². The van der Waals surface area contributed by atoms with Crippen molar-refractivity contribution in [3.05, 3.63) is 35.4 Å². The summed E-state index contributed by atoms with van der Waals surface area (Å²) >= 11 is 0. The minimum atomic E-state index is 0.170. The number of nitrogens with two attached hydrogens (primary N) is 1. The average Bonchev–Trinajstić information content (AvgIpc) is 2.16. The fourth-order valence-corrected chi connectivity index (χ4v) is 2.24. The minimum absolute atomic E-state index is 0.170. The molecule has 0 aliphatic carbocycles. The van der Waals surface area contributed by atoms with Crippen molar-refractivity contribution in [2.75, 3.05) is 0 Å². The summed E-state index contributed by atoms with van der Waals surface area (Å²) in [6, 6.07) is 9.22. The van der Waals surface area contributed by atoms with E-state index in [2.05, 4.69) is 58.9 Å². The third-order valence-corrected chi connectivity index (χ3v) is 3.19. The molecule has 0 heterocycles. The lowest BCUT2D eigenvalue weighted by Gasteiger charge is -2.27. The van der Waals surface area contributed by atoms with Crippen LogP contribution in [0.1, 0.15) is 58.1 Å². The van der Waals surface area contributed by atoms with E-state index < -0.39 is 0 Å². The summed E-state index contributed by atoms with van der Waals surface area (Å²) in [5, 5.41) is 0. The van der Waals surface area contributed by atoms with Gasteiger partial charge in [-0.2, -0.15) is 0 Å². The molecule has 1 atom stereocenters. The Morgan fingerprint density at radius 3 is 1.94 bits per heavy atom. The van der Waals surface area contributed by atoms with E-state index in [1.165, 1.54) is 11.1 Å². The maximum atomic E-state index is 5.89. The molecule has 0 radical (unpaired) electrons. The third kappa shape index (κ3) is 3.34. The summed E-state index contributed by atoms with van der Waals surface area (Å²) in [5.74, 6) is 0.602. The van der Waals surface area contributed by atoms with Gasteiger partial charge in [0.2, 0.25) is 0 Å². The molecule has 0 aromatic heterocycles. The van der Waals surface area contributed by atoms with E-state index in [1.54, 1.807) is 0 Å². The maximum absolute atomic E-state index is 5.89. The van der Waals surface area contributed by atoms with Crippen molar-refractivity contribution in [2.24, 2.45) is 5.73 Å². The van der Waals surface area contributed by atoms with Gasteiger partial charge in [0.05, 0.1) is 0 Å². The lowest BCUT2D eigenvalue weighted by Crippen LogP contribution is -2.28. The molecule has 0 saturated heterocycles. The fourth-order valence-electron chi connectivity index (χ4n) is 2.24. The molecule has 1 aromatic rings. The summed E-state index contributed by atoms with van der Waals surface area (Å²) in [4.78, 5) is 0. The monoisotopic (exact) mass is 219 g/mol. The first-order valence-electron chi connectivity index (χ1n) is 6.19. The van der Waals surface area contributed by atoms with Crippen LogP contribution in [-0.4, -0.2) is 6.04 Å². The van der Waals surface area contributed by atoms with Crippen molar-refractivity contribution in [1.82, 2.24) is 0 Å². The van der Waals surface area contributed by atoms with Gasteiger partial charge in [-0.1, -0.05) is 52.0 Å². The van der Waals surface area contributed by atoms with Gasteiger partial charge in [0.25, 0.3) is 0 Å². The molecule has 0 bridgehead atoms. The van der Waals surface area contributed by atoms with Crippen LogP contribution < -0.4 is 5.73 Å². The standard InChI is InChI=1S/C15H25N/c1-11(2)13-6-8-14(9-7-13)15(4,5)10-12(3)16/h6-9,11-12H,10,16H2,1-5H3/t12-/m1/s1. The van der Waals surface area contributed by atoms with Gasteiger partial charge in [0, 0.05) is 6.04 Å². The summed E-state index contributed by atoms with van der Waals surface area (Å²) in [6.45, 7) is 11.1. The maximum Gasteiger partial charge on any atom is 0.00187 e. The molecule has 1 nitrogen and oxygen atoms in total. The van der Waals surface area contributed by atoms with Crippen molar-refractivity contribution < 1.29 is 0 Å². The highest BCUT2D eigenvalue weighted by atomic mass is 14.6. The molecule has 1 rings (SSSR count). The van der Waals surface area contributed by atoms with E-state index in [0.717, 1.165) is 6.42 Å². The molecule has 0 fully saturated rings. The Labute approximate surface area is 100 Å². The highest BCUT2D eigenvalue weighted by molar-refractivity contribution is 5.29. The first-order chi connectivity index (χ1) is 7.33. The molecule has 0 spiro atoms. The molecule has 1 heteroatoms. The van der Waals surface area contributed by atoms with Crippen LogP contribution >= 0.6 is 0 Å². The molecule has 0 unspecified atom stereocenters. The number of hydrogen-bond acceptors (Lipinski definition) is 1. The zero-order valence-corrected chi connectivity index (χ0v) is 11.2. The van der Waals surface area contributed by atoms with Gasteiger partial charge in [-0.3, -0.25) is 0 Å². The number of rotatable bonds is 4. The zero-order valence-electron chi connectivity index (χ0n) is 11.2. The molecule has 16 heavy (non-hydrogen) atoms. The molecular weight excluding hydrogens is 194 g/mol. The van der Waals surface area contributed by atoms with Gasteiger partial charge in [0.15, 0.2) is 0 Å². The lowest BCUT2D eigenvalue weighted by atomic mass is 9.79. The van der Waals surface area contributed by atoms with Gasteiger partial charge in [-0.15, -0.1) is 0 Å². The van der Waals surface area contributed by atoms with Crippen molar-refractivity contribution in [3.8, 4) is 0 Å². The van der Waals surface area contributed by atoms with Crippen LogP contribution in [-0.2, 0) is 5.41 Å². The first kappa shape index (κ1) is 13.2. The van der Waals surface area contributed by atoms with Crippen LogP contribution in [0.25, 0.3) is 0 Å². The van der Waals surface area contributed by atoms with Crippen LogP contribution in [0.15, 0.2) is 24.3 Å². The van der Waals surface area contributed by atoms with E-state index in [-0.39, 0.29) is 11.5 Å². The SMILES string of the molecule is CC(C)c1ccc(C(C)(C)C[C@@H](C)N)cc1. The molecule has 2 N–H and O–H groups in total. The molecule has 0 aliphatic heterocycles. The van der Waals surface area contributed by atoms with Gasteiger partial charge >= 0.3 is 0 Å². The molecule has 0 aliphatic rings. The Morgan fingerprint density at radius 1 is 1.06 bits per heavy atom. The largest absolute Gasteiger partial charge is 0.328 e. The normalized spacial score (nSPS) is 14.2. The second kappa shape index (κ2) is 5.01. The Morgan fingerprint density at radius 2 is 1.56 bits per heavy atom. The summed E-state index contributed by atoms with van der Waals surface area (Å²) in [7, 11) is 0. The third-order valence-electron chi connectivity index (χ3n) is 3.19. The first-order valence-corrected chi connectivity index (χ1v) is 6.19. The van der Waals surface area contributed by atoms with Gasteiger partial charge < -0.3 is 5.73 Å². The van der Waals surface area contributed by atoms with E-state index in [4.69, 9.17) is 5.73 Å². The van der Waals surface area contributed by atoms with Gasteiger partial charge in [-0.25, -0.2) is 0 Å². The number of hydrogen-bond donors (Lipinski definition) is 1. The van der Waals surface area contributed by atoms with Crippen molar-refractivity contribution in [3.63, 3.8) is 0 Å². The second-order valence-electron chi connectivity index (χ2n) is 5.84. The topological polar surface area (TPSA) is 26.0 Å². The van der Waals surface area contributed by atoms with Crippen LogP contribution in [0.5, 0.6) is 0 Å². The predicted molar refractivity (Wildman–Crippen MR) is 71.8 cm³/mol. The van der Waals surface area contributed by atoms with E-state index in [0.29, 0.717) is 5.92 Å². The Bertz CT molecular complexity index is 320. The molecule has 90 valence electrons. The van der Waals surface area contributed by atoms with Crippen LogP contribution in [0.3, 0.4) is 0 Å². The van der Waals surface area contributed by atoms with E-state index >= 15 is 0 Å². The molecular formula is C15H25N. The summed E-state index contributed by atoms with van der Waals surface area (Å²) < 4.78 is 0. The lowest BCUT2D eigenvalue weighted by molar-refractivity contribution is 0.437. The van der Waals surface area contributed by atoms with E-state index in [9.17, 15) is 0 Å². The van der Waals surface area contributed by atoms with Gasteiger partial charge in [0.1, 0.15) is 0 Å².